The fourth-order valence-corrected chi connectivity index (χ4v) is 4.06. The van der Waals surface area contributed by atoms with Crippen LogP contribution in [0.3, 0.4) is 0 Å². The number of hydrogen-bond acceptors (Lipinski definition) is 4. The molecule has 1 aromatic carbocycles. The average Bonchev–Trinajstić information content (AvgIpc) is 2.66. The van der Waals surface area contributed by atoms with Gasteiger partial charge in [-0.05, 0) is 42.2 Å². The number of hydrogen-bond donors (Lipinski definition) is 0. The molecule has 1 aliphatic heterocycles. The second-order valence-corrected chi connectivity index (χ2v) is 9.77. The number of ether oxygens (including phenoxy) is 1. The van der Waals surface area contributed by atoms with Gasteiger partial charge in [0.2, 0.25) is 11.8 Å². The normalized spacial score (nSPS) is 16.0. The van der Waals surface area contributed by atoms with Crippen molar-refractivity contribution in [1.29, 1.82) is 0 Å². The van der Waals surface area contributed by atoms with E-state index in [2.05, 4.69) is 32.9 Å². The van der Waals surface area contributed by atoms with Crippen LogP contribution in [-0.2, 0) is 15.0 Å². The minimum atomic E-state index is -0.0602. The van der Waals surface area contributed by atoms with Gasteiger partial charge in [-0.15, -0.1) is 11.8 Å². The van der Waals surface area contributed by atoms with E-state index in [1.165, 1.54) is 5.56 Å². The van der Waals surface area contributed by atoms with Gasteiger partial charge < -0.3 is 14.5 Å². The van der Waals surface area contributed by atoms with E-state index in [1.54, 1.807) is 23.6 Å². The van der Waals surface area contributed by atoms with Crippen LogP contribution in [0.25, 0.3) is 0 Å². The van der Waals surface area contributed by atoms with Gasteiger partial charge in [-0.25, -0.2) is 0 Å². The zero-order valence-corrected chi connectivity index (χ0v) is 18.7. The van der Waals surface area contributed by atoms with E-state index < -0.39 is 0 Å². The van der Waals surface area contributed by atoms with Gasteiger partial charge in [0.1, 0.15) is 5.75 Å². The lowest BCUT2D eigenvalue weighted by atomic mass is 9.87. The smallest absolute Gasteiger partial charge is 0.235 e. The zero-order chi connectivity index (χ0) is 20.7. The van der Waals surface area contributed by atoms with Crippen LogP contribution >= 0.6 is 11.8 Å². The summed E-state index contributed by atoms with van der Waals surface area (Å²) in [6.07, 6.45) is 0.904. The van der Waals surface area contributed by atoms with Gasteiger partial charge in [0, 0.05) is 33.1 Å². The first-order valence-electron chi connectivity index (χ1n) is 10.1. The molecule has 1 unspecified atom stereocenters. The molecule has 1 fully saturated rings. The summed E-state index contributed by atoms with van der Waals surface area (Å²) >= 11 is 1.67. The Kier molecular flexibility index (Phi) is 8.23. The Hall–Kier alpha value is -1.69. The summed E-state index contributed by atoms with van der Waals surface area (Å²) in [4.78, 5) is 27.6. The maximum Gasteiger partial charge on any atom is 0.235 e. The quantitative estimate of drug-likeness (QED) is 0.650. The van der Waals surface area contributed by atoms with Crippen LogP contribution in [-0.4, -0.2) is 65.4 Å². The van der Waals surface area contributed by atoms with Crippen LogP contribution in [0.2, 0.25) is 0 Å². The van der Waals surface area contributed by atoms with E-state index in [0.29, 0.717) is 32.8 Å². The minimum Gasteiger partial charge on any atom is -0.494 e. The average molecular weight is 407 g/mol. The fraction of sp³-hybridized carbons (Fsp3) is 0.636. The predicted molar refractivity (Wildman–Crippen MR) is 116 cm³/mol. The van der Waals surface area contributed by atoms with E-state index >= 15 is 0 Å². The number of carbonyl (C=O) groups is 2. The van der Waals surface area contributed by atoms with Crippen molar-refractivity contribution >= 4 is 23.6 Å². The van der Waals surface area contributed by atoms with Crippen LogP contribution in [0.5, 0.6) is 5.75 Å². The first-order valence-corrected chi connectivity index (χ1v) is 11.1. The second-order valence-electron chi connectivity index (χ2n) is 8.32. The molecule has 1 aliphatic rings. The molecule has 0 aliphatic carbocycles. The highest BCUT2D eigenvalue weighted by Gasteiger charge is 2.25. The lowest BCUT2D eigenvalue weighted by Gasteiger charge is -2.35. The van der Waals surface area contributed by atoms with Crippen LogP contribution in [0.1, 0.15) is 46.6 Å². The number of nitrogens with zero attached hydrogens (tertiary/aromatic N) is 2. The van der Waals surface area contributed by atoms with Crippen molar-refractivity contribution in [1.82, 2.24) is 9.80 Å². The van der Waals surface area contributed by atoms with Crippen molar-refractivity contribution in [2.24, 2.45) is 0 Å². The zero-order valence-electron chi connectivity index (χ0n) is 17.9. The molecule has 5 nitrogen and oxygen atoms in total. The monoisotopic (exact) mass is 406 g/mol. The van der Waals surface area contributed by atoms with Gasteiger partial charge in [0.05, 0.1) is 11.9 Å². The predicted octanol–water partition coefficient (Wildman–Crippen LogP) is 3.57. The van der Waals surface area contributed by atoms with Crippen LogP contribution in [0.15, 0.2) is 24.3 Å². The molecule has 6 heteroatoms. The SMILES string of the molecule is CC(=O)N1CCN(C(=O)C(C)SCCCOc2ccc(C(C)(C)C)cc2)CC1. The molecule has 28 heavy (non-hydrogen) atoms. The van der Waals surface area contributed by atoms with Crippen molar-refractivity contribution in [3.63, 3.8) is 0 Å². The summed E-state index contributed by atoms with van der Waals surface area (Å²) in [6.45, 7) is 13.4. The van der Waals surface area contributed by atoms with Crippen molar-refractivity contribution in [3.05, 3.63) is 29.8 Å². The van der Waals surface area contributed by atoms with Crippen molar-refractivity contribution in [2.75, 3.05) is 38.5 Å². The first-order chi connectivity index (χ1) is 13.2. The number of rotatable bonds is 7. The van der Waals surface area contributed by atoms with E-state index in [1.807, 2.05) is 24.0 Å². The Morgan fingerprint density at radius 3 is 2.18 bits per heavy atom. The van der Waals surface area contributed by atoms with Gasteiger partial charge in [-0.1, -0.05) is 32.9 Å². The van der Waals surface area contributed by atoms with E-state index in [4.69, 9.17) is 4.74 Å². The maximum atomic E-state index is 12.5. The lowest BCUT2D eigenvalue weighted by Crippen LogP contribution is -2.51. The molecule has 156 valence electrons. The van der Waals surface area contributed by atoms with Gasteiger partial charge in [0.15, 0.2) is 0 Å². The van der Waals surface area contributed by atoms with Gasteiger partial charge >= 0.3 is 0 Å². The summed E-state index contributed by atoms with van der Waals surface area (Å²) in [5.74, 6) is 2.04. The van der Waals surface area contributed by atoms with Crippen LogP contribution in [0.4, 0.5) is 0 Å². The Morgan fingerprint density at radius 1 is 1.07 bits per heavy atom. The minimum absolute atomic E-state index is 0.0602. The Labute approximate surface area is 173 Å². The fourth-order valence-electron chi connectivity index (χ4n) is 3.13. The molecule has 0 saturated carbocycles. The molecule has 2 rings (SSSR count). The maximum absolute atomic E-state index is 12.5. The number of carbonyl (C=O) groups excluding carboxylic acids is 2. The third-order valence-electron chi connectivity index (χ3n) is 5.03. The third kappa shape index (κ3) is 6.73. The van der Waals surface area contributed by atoms with Gasteiger partial charge in [-0.3, -0.25) is 9.59 Å². The highest BCUT2D eigenvalue weighted by atomic mass is 32.2. The van der Waals surface area contributed by atoms with Crippen molar-refractivity contribution in [3.8, 4) is 5.75 Å². The second kappa shape index (κ2) is 10.2. The highest BCUT2D eigenvalue weighted by Crippen LogP contribution is 2.24. The van der Waals surface area contributed by atoms with Crippen molar-refractivity contribution < 1.29 is 14.3 Å². The number of thioether (sulfide) groups is 1. The van der Waals surface area contributed by atoms with Gasteiger partial charge in [-0.2, -0.15) is 0 Å². The molecular weight excluding hydrogens is 372 g/mol. The van der Waals surface area contributed by atoms with Gasteiger partial charge in [0.25, 0.3) is 0 Å². The summed E-state index contributed by atoms with van der Waals surface area (Å²) in [5, 5.41) is -0.0602. The molecule has 0 aromatic heterocycles. The van der Waals surface area contributed by atoms with E-state index in [0.717, 1.165) is 17.9 Å². The summed E-state index contributed by atoms with van der Waals surface area (Å²) in [6, 6.07) is 8.30. The molecule has 1 atom stereocenters. The molecule has 1 aromatic rings. The Bertz CT molecular complexity index is 647. The number of benzene rings is 1. The third-order valence-corrected chi connectivity index (χ3v) is 6.26. The Balaban J connectivity index is 1.64. The highest BCUT2D eigenvalue weighted by molar-refractivity contribution is 8.00. The molecule has 0 spiro atoms. The molecule has 0 radical (unpaired) electrons. The molecule has 0 bridgehead atoms. The topological polar surface area (TPSA) is 49.9 Å². The van der Waals surface area contributed by atoms with Crippen LogP contribution in [0, 0.1) is 0 Å². The van der Waals surface area contributed by atoms with Crippen molar-refractivity contribution in [2.45, 2.75) is 51.7 Å². The largest absolute Gasteiger partial charge is 0.494 e. The summed E-state index contributed by atoms with van der Waals surface area (Å²) in [7, 11) is 0. The molecule has 1 heterocycles. The molecule has 2 amide bonds. The molecule has 1 saturated heterocycles. The molecule has 0 N–H and O–H groups in total. The number of piperazine rings is 1. The summed E-state index contributed by atoms with van der Waals surface area (Å²) in [5.41, 5.74) is 1.45. The van der Waals surface area contributed by atoms with E-state index in [-0.39, 0.29) is 22.5 Å². The lowest BCUT2D eigenvalue weighted by molar-refractivity contribution is -0.137. The van der Waals surface area contributed by atoms with E-state index in [9.17, 15) is 9.59 Å². The first kappa shape index (κ1) is 22.6. The standard InChI is InChI=1S/C22H34N2O3S/c1-17(21(26)24-13-11-23(12-14-24)18(2)25)28-16-6-15-27-20-9-7-19(8-10-20)22(3,4)5/h7-10,17H,6,11-16H2,1-5H3. The number of amides is 2. The Morgan fingerprint density at radius 2 is 1.64 bits per heavy atom. The molecular formula is C22H34N2O3S. The van der Waals surface area contributed by atoms with Crippen LogP contribution < -0.4 is 4.74 Å². The summed E-state index contributed by atoms with van der Waals surface area (Å²) < 4.78 is 5.82.